The van der Waals surface area contributed by atoms with E-state index in [0.29, 0.717) is 23.1 Å². The van der Waals surface area contributed by atoms with Crippen LogP contribution in [0.4, 0.5) is 5.82 Å². The van der Waals surface area contributed by atoms with Crippen molar-refractivity contribution in [1.29, 1.82) is 0 Å². The third-order valence-electron chi connectivity index (χ3n) is 5.04. The maximum Gasteiger partial charge on any atom is 0.342 e. The summed E-state index contributed by atoms with van der Waals surface area (Å²) in [6.45, 7) is 6.02. The molecule has 7 nitrogen and oxygen atoms in total. The molecule has 3 heterocycles. The predicted octanol–water partition coefficient (Wildman–Crippen LogP) is 4.21. The first-order chi connectivity index (χ1) is 14.1. The van der Waals surface area contributed by atoms with Crippen LogP contribution < -0.4 is 4.90 Å². The number of pyridine rings is 1. The zero-order chi connectivity index (χ0) is 20.2. The predicted molar refractivity (Wildman–Crippen MR) is 109 cm³/mol. The second-order valence-corrected chi connectivity index (χ2v) is 7.43. The maximum absolute atomic E-state index is 12.6. The van der Waals surface area contributed by atoms with Crippen LogP contribution in [0.5, 0.6) is 0 Å². The molecule has 0 bridgehead atoms. The van der Waals surface area contributed by atoms with Crippen molar-refractivity contribution in [2.45, 2.75) is 39.2 Å². The minimum absolute atomic E-state index is 0.0791. The standard InChI is InChI=1S/C22H24N4O3/c1-15(2)16-7-9-17(10-8-16)20-24-19(29-25-20)14-28-22(27)18-6-5-11-23-21(18)26-12-3-4-13-26/h5-11,15H,3-4,12-14H2,1-2H3. The molecule has 2 aromatic heterocycles. The van der Waals surface area contributed by atoms with Crippen molar-refractivity contribution in [2.24, 2.45) is 0 Å². The van der Waals surface area contributed by atoms with E-state index in [-0.39, 0.29) is 12.5 Å². The van der Waals surface area contributed by atoms with E-state index in [1.165, 1.54) is 5.56 Å². The van der Waals surface area contributed by atoms with Gasteiger partial charge in [-0.2, -0.15) is 4.98 Å². The van der Waals surface area contributed by atoms with Gasteiger partial charge in [-0.25, -0.2) is 9.78 Å². The molecule has 29 heavy (non-hydrogen) atoms. The molecule has 0 aliphatic carbocycles. The molecule has 0 amide bonds. The van der Waals surface area contributed by atoms with Gasteiger partial charge in [-0.05, 0) is 36.5 Å². The molecular weight excluding hydrogens is 368 g/mol. The molecule has 150 valence electrons. The molecule has 1 fully saturated rings. The van der Waals surface area contributed by atoms with E-state index in [0.717, 1.165) is 31.5 Å². The Morgan fingerprint density at radius 2 is 1.93 bits per heavy atom. The molecule has 0 radical (unpaired) electrons. The van der Waals surface area contributed by atoms with Crippen LogP contribution in [0, 0.1) is 0 Å². The van der Waals surface area contributed by atoms with Gasteiger partial charge in [-0.1, -0.05) is 43.3 Å². The first kappa shape index (κ1) is 19.1. The molecule has 1 saturated heterocycles. The first-order valence-electron chi connectivity index (χ1n) is 9.92. The Morgan fingerprint density at radius 3 is 2.66 bits per heavy atom. The van der Waals surface area contributed by atoms with Crippen LogP contribution in [0.2, 0.25) is 0 Å². The van der Waals surface area contributed by atoms with E-state index in [4.69, 9.17) is 9.26 Å². The van der Waals surface area contributed by atoms with Gasteiger partial charge in [-0.15, -0.1) is 0 Å². The normalized spacial score (nSPS) is 13.8. The molecule has 3 aromatic rings. The lowest BCUT2D eigenvalue weighted by molar-refractivity contribution is 0.0430. The molecular formula is C22H24N4O3. The number of hydrogen-bond donors (Lipinski definition) is 0. The van der Waals surface area contributed by atoms with Crippen molar-refractivity contribution in [2.75, 3.05) is 18.0 Å². The fourth-order valence-corrected chi connectivity index (χ4v) is 3.39. The van der Waals surface area contributed by atoms with Crippen molar-refractivity contribution in [3.63, 3.8) is 0 Å². The zero-order valence-corrected chi connectivity index (χ0v) is 16.7. The van der Waals surface area contributed by atoms with Gasteiger partial charge in [0.2, 0.25) is 5.82 Å². The van der Waals surface area contributed by atoms with Gasteiger partial charge in [0.05, 0.1) is 0 Å². The summed E-state index contributed by atoms with van der Waals surface area (Å²) in [6.07, 6.45) is 3.90. The van der Waals surface area contributed by atoms with Crippen molar-refractivity contribution in [1.82, 2.24) is 15.1 Å². The highest BCUT2D eigenvalue weighted by Crippen LogP contribution is 2.23. The Balaban J connectivity index is 1.42. The Labute approximate surface area is 169 Å². The van der Waals surface area contributed by atoms with E-state index < -0.39 is 5.97 Å². The monoisotopic (exact) mass is 392 g/mol. The van der Waals surface area contributed by atoms with Crippen LogP contribution in [-0.2, 0) is 11.3 Å². The van der Waals surface area contributed by atoms with Gasteiger partial charge in [0.25, 0.3) is 5.89 Å². The SMILES string of the molecule is CC(C)c1ccc(-c2noc(COC(=O)c3cccnc3N3CCCC3)n2)cc1. The number of carbonyl (C=O) groups excluding carboxylic acids is 1. The first-order valence-corrected chi connectivity index (χ1v) is 9.92. The molecule has 0 spiro atoms. The van der Waals surface area contributed by atoms with Crippen molar-refractivity contribution >= 4 is 11.8 Å². The van der Waals surface area contributed by atoms with Gasteiger partial charge in [0.15, 0.2) is 6.61 Å². The highest BCUT2D eigenvalue weighted by atomic mass is 16.6. The number of carbonyl (C=O) groups is 1. The molecule has 0 N–H and O–H groups in total. The Kier molecular flexibility index (Phi) is 5.55. The third-order valence-corrected chi connectivity index (χ3v) is 5.04. The molecule has 0 atom stereocenters. The Hall–Kier alpha value is -3.22. The fraction of sp³-hybridized carbons (Fsp3) is 0.364. The summed E-state index contributed by atoms with van der Waals surface area (Å²) in [4.78, 5) is 23.4. The number of rotatable bonds is 6. The number of benzene rings is 1. The van der Waals surface area contributed by atoms with E-state index in [1.54, 1.807) is 18.3 Å². The summed E-state index contributed by atoms with van der Waals surface area (Å²) < 4.78 is 10.7. The molecule has 7 heteroatoms. The quantitative estimate of drug-likeness (QED) is 0.581. The zero-order valence-electron chi connectivity index (χ0n) is 16.7. The molecule has 0 unspecified atom stereocenters. The molecule has 0 saturated carbocycles. The summed E-state index contributed by atoms with van der Waals surface area (Å²) in [6, 6.07) is 11.5. The van der Waals surface area contributed by atoms with Crippen molar-refractivity contribution in [3.8, 4) is 11.4 Å². The molecule has 1 aliphatic heterocycles. The van der Waals surface area contributed by atoms with Gasteiger partial charge in [-0.3, -0.25) is 0 Å². The van der Waals surface area contributed by atoms with Gasteiger partial charge < -0.3 is 14.2 Å². The number of ether oxygens (including phenoxy) is 1. The topological polar surface area (TPSA) is 81.3 Å². The summed E-state index contributed by atoms with van der Waals surface area (Å²) in [5, 5.41) is 3.99. The summed E-state index contributed by atoms with van der Waals surface area (Å²) in [5.41, 5.74) is 2.56. The fourth-order valence-electron chi connectivity index (χ4n) is 3.39. The number of hydrogen-bond acceptors (Lipinski definition) is 7. The van der Waals surface area contributed by atoms with Crippen LogP contribution in [-0.4, -0.2) is 34.2 Å². The van der Waals surface area contributed by atoms with Crippen LogP contribution in [0.1, 0.15) is 54.4 Å². The molecule has 1 aromatic carbocycles. The molecule has 1 aliphatic rings. The van der Waals surface area contributed by atoms with Gasteiger partial charge >= 0.3 is 5.97 Å². The van der Waals surface area contributed by atoms with E-state index in [9.17, 15) is 4.79 Å². The Bertz CT molecular complexity index is 976. The summed E-state index contributed by atoms with van der Waals surface area (Å²) in [5.74, 6) is 1.42. The lowest BCUT2D eigenvalue weighted by atomic mass is 10.0. The van der Waals surface area contributed by atoms with Crippen LogP contribution in [0.15, 0.2) is 47.1 Å². The number of aromatic nitrogens is 3. The highest BCUT2D eigenvalue weighted by Gasteiger charge is 2.22. The van der Waals surface area contributed by atoms with E-state index in [1.807, 2.05) is 12.1 Å². The van der Waals surface area contributed by atoms with Crippen molar-refractivity contribution in [3.05, 3.63) is 59.6 Å². The van der Waals surface area contributed by atoms with Gasteiger partial charge in [0.1, 0.15) is 11.4 Å². The minimum atomic E-state index is -0.443. The van der Waals surface area contributed by atoms with Crippen molar-refractivity contribution < 1.29 is 14.1 Å². The average Bonchev–Trinajstić information content (AvgIpc) is 3.44. The average molecular weight is 392 g/mol. The van der Waals surface area contributed by atoms with E-state index in [2.05, 4.69) is 46.0 Å². The van der Waals surface area contributed by atoms with Crippen LogP contribution >= 0.6 is 0 Å². The minimum Gasteiger partial charge on any atom is -0.452 e. The maximum atomic E-state index is 12.6. The second kappa shape index (κ2) is 8.43. The third kappa shape index (κ3) is 4.29. The second-order valence-electron chi connectivity index (χ2n) is 7.43. The van der Waals surface area contributed by atoms with Crippen LogP contribution in [0.3, 0.4) is 0 Å². The number of esters is 1. The smallest absolute Gasteiger partial charge is 0.342 e. The van der Waals surface area contributed by atoms with Gasteiger partial charge in [0, 0.05) is 24.8 Å². The summed E-state index contributed by atoms with van der Waals surface area (Å²) >= 11 is 0. The molecule has 4 rings (SSSR count). The van der Waals surface area contributed by atoms with E-state index >= 15 is 0 Å². The largest absolute Gasteiger partial charge is 0.452 e. The lowest BCUT2D eigenvalue weighted by Gasteiger charge is -2.18. The number of anilines is 1. The highest BCUT2D eigenvalue weighted by molar-refractivity contribution is 5.94. The lowest BCUT2D eigenvalue weighted by Crippen LogP contribution is -2.22. The Morgan fingerprint density at radius 1 is 1.17 bits per heavy atom. The van der Waals surface area contributed by atoms with Crippen LogP contribution in [0.25, 0.3) is 11.4 Å². The summed E-state index contributed by atoms with van der Waals surface area (Å²) in [7, 11) is 0. The number of nitrogens with zero attached hydrogens (tertiary/aromatic N) is 4.